The van der Waals surface area contributed by atoms with Crippen LogP contribution < -0.4 is 10.2 Å². The van der Waals surface area contributed by atoms with E-state index in [1.807, 2.05) is 12.1 Å². The number of carbonyl (C=O) groups is 1. The lowest BCUT2D eigenvalue weighted by Crippen LogP contribution is -2.31. The summed E-state index contributed by atoms with van der Waals surface area (Å²) in [7, 11) is 1.72. The van der Waals surface area contributed by atoms with Crippen molar-refractivity contribution in [1.29, 1.82) is 0 Å². The Bertz CT molecular complexity index is 1150. The summed E-state index contributed by atoms with van der Waals surface area (Å²) in [5, 5.41) is 3.82. The zero-order chi connectivity index (χ0) is 21.6. The van der Waals surface area contributed by atoms with Gasteiger partial charge in [-0.25, -0.2) is 23.1 Å². The molecule has 1 aliphatic heterocycles. The van der Waals surface area contributed by atoms with Gasteiger partial charge in [-0.1, -0.05) is 18.2 Å². The molecule has 1 amide bonds. The Morgan fingerprint density at radius 2 is 1.87 bits per heavy atom. The Morgan fingerprint density at radius 1 is 1.13 bits per heavy atom. The number of halogens is 3. The first-order valence-corrected chi connectivity index (χ1v) is 9.67. The average molecular weight is 414 g/mol. The van der Waals surface area contributed by atoms with E-state index in [-0.39, 0.29) is 11.5 Å². The molecule has 30 heavy (non-hydrogen) atoms. The van der Waals surface area contributed by atoms with Gasteiger partial charge in [0.2, 0.25) is 5.91 Å². The van der Waals surface area contributed by atoms with Crippen molar-refractivity contribution in [1.82, 2.24) is 9.97 Å². The molecule has 1 unspecified atom stereocenters. The first-order chi connectivity index (χ1) is 14.3. The molecule has 2 heterocycles. The number of alkyl halides is 2. The number of hydrogen-bond donors (Lipinski definition) is 1. The van der Waals surface area contributed by atoms with Crippen LogP contribution in [0.3, 0.4) is 0 Å². The third kappa shape index (κ3) is 3.46. The van der Waals surface area contributed by atoms with Crippen LogP contribution in [-0.4, -0.2) is 22.9 Å². The van der Waals surface area contributed by atoms with Gasteiger partial charge in [-0.2, -0.15) is 0 Å². The fourth-order valence-corrected chi connectivity index (χ4v) is 3.84. The third-order valence-electron chi connectivity index (χ3n) is 5.46. The van der Waals surface area contributed by atoms with Gasteiger partial charge in [0.25, 0.3) is 6.43 Å². The second kappa shape index (κ2) is 7.59. The largest absolute Gasteiger partial charge is 0.363 e. The molecule has 5 nitrogen and oxygen atoms in total. The Kier molecular flexibility index (Phi) is 5.09. The monoisotopic (exact) mass is 414 g/mol. The lowest BCUT2D eigenvalue weighted by atomic mass is 9.99. The molecule has 3 aromatic rings. The summed E-state index contributed by atoms with van der Waals surface area (Å²) < 4.78 is 40.7. The van der Waals surface area contributed by atoms with Gasteiger partial charge in [0.1, 0.15) is 17.5 Å². The summed E-state index contributed by atoms with van der Waals surface area (Å²) >= 11 is 0. The first kappa shape index (κ1) is 20.1. The topological polar surface area (TPSA) is 58.1 Å². The number of anilines is 2. The summed E-state index contributed by atoms with van der Waals surface area (Å²) in [6.07, 6.45) is -1.80. The standard InChI is InChI=1S/C22H21F3N4O/c1-11(14-5-4-6-15(20(14)23)21(24)25)26-22-16-10-18-13(7-8-19(30)29(18)3)9-17(16)27-12(2)28-22/h4-6,9-11,21H,7-8H2,1-3H3,(H,26,27,28). The van der Waals surface area contributed by atoms with Crippen LogP contribution in [0.25, 0.3) is 10.9 Å². The molecule has 1 atom stereocenters. The Hall–Kier alpha value is -3.16. The molecule has 0 bridgehead atoms. The number of nitrogens with zero attached hydrogens (tertiary/aromatic N) is 3. The van der Waals surface area contributed by atoms with Crippen LogP contribution in [0.4, 0.5) is 24.7 Å². The molecular weight excluding hydrogens is 393 g/mol. The van der Waals surface area contributed by atoms with Crippen LogP contribution in [-0.2, 0) is 11.2 Å². The zero-order valence-corrected chi connectivity index (χ0v) is 16.8. The van der Waals surface area contributed by atoms with Crippen molar-refractivity contribution < 1.29 is 18.0 Å². The summed E-state index contributed by atoms with van der Waals surface area (Å²) in [5.74, 6) is 0.0919. The smallest absolute Gasteiger partial charge is 0.266 e. The second-order valence-corrected chi connectivity index (χ2v) is 7.49. The van der Waals surface area contributed by atoms with Crippen LogP contribution in [0, 0.1) is 12.7 Å². The number of rotatable bonds is 4. The number of carbonyl (C=O) groups excluding carboxylic acids is 1. The molecule has 2 aromatic carbocycles. The molecule has 1 N–H and O–H groups in total. The van der Waals surface area contributed by atoms with Crippen molar-refractivity contribution in [2.75, 3.05) is 17.3 Å². The van der Waals surface area contributed by atoms with E-state index >= 15 is 0 Å². The van der Waals surface area contributed by atoms with E-state index in [2.05, 4.69) is 15.3 Å². The second-order valence-electron chi connectivity index (χ2n) is 7.49. The van der Waals surface area contributed by atoms with Crippen LogP contribution >= 0.6 is 0 Å². The van der Waals surface area contributed by atoms with Gasteiger partial charge in [0.15, 0.2) is 0 Å². The average Bonchev–Trinajstić information content (AvgIpc) is 2.69. The zero-order valence-electron chi connectivity index (χ0n) is 16.8. The molecule has 156 valence electrons. The molecule has 4 rings (SSSR count). The Balaban J connectivity index is 1.78. The molecule has 1 aliphatic rings. The molecule has 0 fully saturated rings. The lowest BCUT2D eigenvalue weighted by Gasteiger charge is -2.26. The highest BCUT2D eigenvalue weighted by atomic mass is 19.3. The summed E-state index contributed by atoms with van der Waals surface area (Å²) in [5.41, 5.74) is 2.02. The van der Waals surface area contributed by atoms with Crippen molar-refractivity contribution in [2.24, 2.45) is 0 Å². The Morgan fingerprint density at radius 3 is 2.60 bits per heavy atom. The number of benzene rings is 2. The molecule has 0 radical (unpaired) electrons. The maximum absolute atomic E-state index is 14.6. The minimum Gasteiger partial charge on any atom is -0.363 e. The van der Waals surface area contributed by atoms with Crippen LogP contribution in [0.1, 0.15) is 48.3 Å². The van der Waals surface area contributed by atoms with E-state index in [0.29, 0.717) is 35.4 Å². The number of fused-ring (bicyclic) bond motifs is 2. The van der Waals surface area contributed by atoms with Crippen molar-refractivity contribution in [3.8, 4) is 0 Å². The maximum Gasteiger partial charge on any atom is 0.266 e. The number of aromatic nitrogens is 2. The minimum atomic E-state index is -2.89. The van der Waals surface area contributed by atoms with E-state index in [1.165, 1.54) is 12.1 Å². The van der Waals surface area contributed by atoms with Gasteiger partial charge in [-0.3, -0.25) is 4.79 Å². The van der Waals surface area contributed by atoms with Crippen molar-refractivity contribution >= 4 is 28.3 Å². The van der Waals surface area contributed by atoms with Gasteiger partial charge in [0.05, 0.1) is 17.1 Å². The van der Waals surface area contributed by atoms with Crippen molar-refractivity contribution in [3.63, 3.8) is 0 Å². The fourth-order valence-electron chi connectivity index (χ4n) is 3.84. The van der Waals surface area contributed by atoms with E-state index in [4.69, 9.17) is 0 Å². The highest BCUT2D eigenvalue weighted by Crippen LogP contribution is 2.35. The van der Waals surface area contributed by atoms with Crippen LogP contribution in [0.15, 0.2) is 30.3 Å². The third-order valence-corrected chi connectivity index (χ3v) is 5.46. The summed E-state index contributed by atoms with van der Waals surface area (Å²) in [6, 6.07) is 7.15. The van der Waals surface area contributed by atoms with Gasteiger partial charge in [0, 0.05) is 30.1 Å². The number of nitrogens with one attached hydrogen (secondary N) is 1. The van der Waals surface area contributed by atoms with Crippen LogP contribution in [0.2, 0.25) is 0 Å². The molecule has 0 aliphatic carbocycles. The highest BCUT2D eigenvalue weighted by molar-refractivity contribution is 6.01. The quantitative estimate of drug-likeness (QED) is 0.646. The lowest BCUT2D eigenvalue weighted by molar-refractivity contribution is -0.118. The Labute approximate surface area is 171 Å². The molecule has 0 spiro atoms. The number of aryl methyl sites for hydroxylation is 2. The summed E-state index contributed by atoms with van der Waals surface area (Å²) in [6.45, 7) is 3.44. The molecule has 1 aromatic heterocycles. The summed E-state index contributed by atoms with van der Waals surface area (Å²) in [4.78, 5) is 22.6. The van der Waals surface area contributed by atoms with Crippen molar-refractivity contribution in [2.45, 2.75) is 39.2 Å². The van der Waals surface area contributed by atoms with Gasteiger partial charge in [-0.05, 0) is 38.0 Å². The molecular formula is C22H21F3N4O. The van der Waals surface area contributed by atoms with E-state index < -0.39 is 23.8 Å². The van der Waals surface area contributed by atoms with E-state index in [0.717, 1.165) is 17.3 Å². The predicted molar refractivity (Wildman–Crippen MR) is 109 cm³/mol. The minimum absolute atomic E-state index is 0.0312. The molecule has 0 saturated heterocycles. The van der Waals surface area contributed by atoms with Crippen LogP contribution in [0.5, 0.6) is 0 Å². The van der Waals surface area contributed by atoms with Gasteiger partial charge >= 0.3 is 0 Å². The van der Waals surface area contributed by atoms with Gasteiger partial charge < -0.3 is 10.2 Å². The SMILES string of the molecule is Cc1nc(NC(C)c2cccc(C(F)F)c2F)c2cc3c(cc2n1)CCC(=O)N3C. The normalized spacial score (nSPS) is 14.9. The van der Waals surface area contributed by atoms with Crippen molar-refractivity contribution in [3.05, 3.63) is 58.7 Å². The first-order valence-electron chi connectivity index (χ1n) is 9.67. The number of amides is 1. The predicted octanol–water partition coefficient (Wildman–Crippen LogP) is 5.10. The van der Waals surface area contributed by atoms with Gasteiger partial charge in [-0.15, -0.1) is 0 Å². The highest BCUT2D eigenvalue weighted by Gasteiger charge is 2.24. The van der Waals surface area contributed by atoms with E-state index in [9.17, 15) is 18.0 Å². The van der Waals surface area contributed by atoms with E-state index in [1.54, 1.807) is 25.8 Å². The maximum atomic E-state index is 14.6. The molecule has 8 heteroatoms. The fraction of sp³-hybridized carbons (Fsp3) is 0.318. The molecule has 0 saturated carbocycles. The number of hydrogen-bond acceptors (Lipinski definition) is 4.